The van der Waals surface area contributed by atoms with Crippen molar-refractivity contribution in [3.63, 3.8) is 0 Å². The van der Waals surface area contributed by atoms with Crippen LogP contribution >= 0.6 is 0 Å². The minimum atomic E-state index is -1.16. The van der Waals surface area contributed by atoms with Crippen molar-refractivity contribution in [2.45, 2.75) is 45.6 Å². The van der Waals surface area contributed by atoms with Gasteiger partial charge in [-0.2, -0.15) is 0 Å². The lowest BCUT2D eigenvalue weighted by Crippen LogP contribution is -2.43. The maximum atomic E-state index is 11.0. The third kappa shape index (κ3) is 2.59. The number of carbonyl (C=O) groups is 1. The van der Waals surface area contributed by atoms with Crippen LogP contribution < -0.4 is 0 Å². The quantitative estimate of drug-likeness (QED) is 0.705. The van der Waals surface area contributed by atoms with Gasteiger partial charge >= 0.3 is 5.97 Å². The molecule has 15 heavy (non-hydrogen) atoms. The first-order valence-electron chi connectivity index (χ1n) is 5.46. The topological polar surface area (TPSA) is 57.5 Å². The van der Waals surface area contributed by atoms with Gasteiger partial charge in [-0.05, 0) is 24.7 Å². The summed E-state index contributed by atoms with van der Waals surface area (Å²) >= 11 is 0. The second-order valence-corrected chi connectivity index (χ2v) is 5.11. The van der Waals surface area contributed by atoms with Crippen molar-refractivity contribution in [3.05, 3.63) is 12.2 Å². The van der Waals surface area contributed by atoms with Gasteiger partial charge in [0, 0.05) is 0 Å². The van der Waals surface area contributed by atoms with Crippen LogP contribution in [0.2, 0.25) is 0 Å². The summed E-state index contributed by atoms with van der Waals surface area (Å²) in [7, 11) is 0. The number of rotatable bonds is 3. The Hall–Kier alpha value is -0.830. The third-order valence-corrected chi connectivity index (χ3v) is 3.30. The van der Waals surface area contributed by atoms with Crippen molar-refractivity contribution in [2.75, 3.05) is 0 Å². The van der Waals surface area contributed by atoms with Crippen LogP contribution in [0, 0.1) is 11.3 Å². The second-order valence-electron chi connectivity index (χ2n) is 5.11. The van der Waals surface area contributed by atoms with E-state index in [1.807, 2.05) is 6.08 Å². The standard InChI is InChI=1S/C12H20O3/c1-4-9(10(13)14)12(15)7-5-11(2,3)6-8-12/h5,7,9,15H,4,6,8H2,1-3H3,(H,13,14). The highest BCUT2D eigenvalue weighted by Gasteiger charge is 2.41. The molecule has 86 valence electrons. The zero-order valence-electron chi connectivity index (χ0n) is 9.66. The molecular weight excluding hydrogens is 192 g/mol. The van der Waals surface area contributed by atoms with E-state index in [0.29, 0.717) is 12.8 Å². The first-order valence-corrected chi connectivity index (χ1v) is 5.46. The number of carboxylic acid groups (broad SMARTS) is 1. The van der Waals surface area contributed by atoms with Gasteiger partial charge in [0.1, 0.15) is 0 Å². The SMILES string of the molecule is CCC(C(=O)O)C1(O)C=CC(C)(C)CC1. The van der Waals surface area contributed by atoms with E-state index in [0.717, 1.165) is 6.42 Å². The molecule has 0 bridgehead atoms. The fourth-order valence-electron chi connectivity index (χ4n) is 2.09. The van der Waals surface area contributed by atoms with E-state index < -0.39 is 17.5 Å². The molecule has 0 saturated carbocycles. The average Bonchev–Trinajstić information content (AvgIpc) is 2.12. The molecule has 1 aliphatic rings. The largest absolute Gasteiger partial charge is 0.481 e. The summed E-state index contributed by atoms with van der Waals surface area (Å²) < 4.78 is 0. The van der Waals surface area contributed by atoms with Crippen molar-refractivity contribution in [1.29, 1.82) is 0 Å². The van der Waals surface area contributed by atoms with Gasteiger partial charge in [0.05, 0.1) is 11.5 Å². The summed E-state index contributed by atoms with van der Waals surface area (Å²) in [6, 6.07) is 0. The van der Waals surface area contributed by atoms with E-state index in [1.165, 1.54) is 0 Å². The highest BCUT2D eigenvalue weighted by Crippen LogP contribution is 2.39. The smallest absolute Gasteiger partial charge is 0.309 e. The predicted octanol–water partition coefficient (Wildman–Crippen LogP) is 2.20. The minimum absolute atomic E-state index is 0.0724. The molecule has 2 N–H and O–H groups in total. The van der Waals surface area contributed by atoms with Crippen LogP contribution in [-0.4, -0.2) is 21.8 Å². The fourth-order valence-corrected chi connectivity index (χ4v) is 2.09. The maximum Gasteiger partial charge on any atom is 0.309 e. The van der Waals surface area contributed by atoms with Gasteiger partial charge in [-0.1, -0.05) is 32.9 Å². The van der Waals surface area contributed by atoms with Gasteiger partial charge in [-0.3, -0.25) is 4.79 Å². The highest BCUT2D eigenvalue weighted by atomic mass is 16.4. The van der Waals surface area contributed by atoms with E-state index in [1.54, 1.807) is 13.0 Å². The van der Waals surface area contributed by atoms with Crippen LogP contribution in [0.3, 0.4) is 0 Å². The van der Waals surface area contributed by atoms with Gasteiger partial charge < -0.3 is 10.2 Å². The Morgan fingerprint density at radius 3 is 2.33 bits per heavy atom. The molecule has 0 saturated heterocycles. The third-order valence-electron chi connectivity index (χ3n) is 3.30. The van der Waals surface area contributed by atoms with Crippen LogP contribution in [0.4, 0.5) is 0 Å². The Morgan fingerprint density at radius 2 is 2.00 bits per heavy atom. The molecule has 0 aromatic rings. The summed E-state index contributed by atoms with van der Waals surface area (Å²) in [5.41, 5.74) is -1.08. The first-order chi connectivity index (χ1) is 6.81. The number of hydrogen-bond acceptors (Lipinski definition) is 2. The van der Waals surface area contributed by atoms with Crippen molar-refractivity contribution in [1.82, 2.24) is 0 Å². The molecule has 0 aliphatic heterocycles. The van der Waals surface area contributed by atoms with Crippen LogP contribution in [0.15, 0.2) is 12.2 Å². The van der Waals surface area contributed by atoms with Crippen molar-refractivity contribution in [3.8, 4) is 0 Å². The number of carboxylic acids is 1. The van der Waals surface area contributed by atoms with E-state index in [4.69, 9.17) is 5.11 Å². The van der Waals surface area contributed by atoms with E-state index >= 15 is 0 Å². The second kappa shape index (κ2) is 3.97. The van der Waals surface area contributed by atoms with E-state index in [9.17, 15) is 9.90 Å². The van der Waals surface area contributed by atoms with Gasteiger partial charge in [-0.15, -0.1) is 0 Å². The van der Waals surface area contributed by atoms with Crippen LogP contribution in [0.25, 0.3) is 0 Å². The molecule has 2 atom stereocenters. The van der Waals surface area contributed by atoms with Gasteiger partial charge in [0.15, 0.2) is 0 Å². The van der Waals surface area contributed by atoms with Crippen molar-refractivity contribution < 1.29 is 15.0 Å². The van der Waals surface area contributed by atoms with Gasteiger partial charge in [-0.25, -0.2) is 0 Å². The predicted molar refractivity (Wildman–Crippen MR) is 58.5 cm³/mol. The van der Waals surface area contributed by atoms with Crippen LogP contribution in [0.5, 0.6) is 0 Å². The van der Waals surface area contributed by atoms with Crippen molar-refractivity contribution in [2.24, 2.45) is 11.3 Å². The molecule has 1 aliphatic carbocycles. The molecule has 0 spiro atoms. The van der Waals surface area contributed by atoms with E-state index in [-0.39, 0.29) is 5.41 Å². The summed E-state index contributed by atoms with van der Waals surface area (Å²) in [4.78, 5) is 11.0. The van der Waals surface area contributed by atoms with E-state index in [2.05, 4.69) is 13.8 Å². The monoisotopic (exact) mass is 212 g/mol. The van der Waals surface area contributed by atoms with Crippen LogP contribution in [-0.2, 0) is 4.79 Å². The highest BCUT2D eigenvalue weighted by molar-refractivity contribution is 5.72. The fraction of sp³-hybridized carbons (Fsp3) is 0.750. The lowest BCUT2D eigenvalue weighted by molar-refractivity contribution is -0.150. The molecule has 3 nitrogen and oxygen atoms in total. The molecule has 0 fully saturated rings. The number of aliphatic hydroxyl groups is 1. The molecule has 0 radical (unpaired) electrons. The molecule has 0 heterocycles. The summed E-state index contributed by atoms with van der Waals surface area (Å²) in [5, 5.41) is 19.3. The Balaban J connectivity index is 2.89. The van der Waals surface area contributed by atoms with Crippen molar-refractivity contribution >= 4 is 5.97 Å². The molecule has 0 aromatic heterocycles. The summed E-state index contributed by atoms with van der Waals surface area (Å²) in [6.07, 6.45) is 5.42. The molecule has 1 rings (SSSR count). The molecular formula is C12H20O3. The Labute approximate surface area is 90.8 Å². The molecule has 2 unspecified atom stereocenters. The molecule has 0 aromatic carbocycles. The Bertz CT molecular complexity index is 281. The average molecular weight is 212 g/mol. The van der Waals surface area contributed by atoms with Gasteiger partial charge in [0.25, 0.3) is 0 Å². The lowest BCUT2D eigenvalue weighted by atomic mass is 9.71. The zero-order valence-corrected chi connectivity index (χ0v) is 9.66. The minimum Gasteiger partial charge on any atom is -0.481 e. The maximum absolute atomic E-state index is 11.0. The summed E-state index contributed by atoms with van der Waals surface area (Å²) in [5.74, 6) is -1.60. The normalized spacial score (nSPS) is 31.2. The molecule has 3 heteroatoms. The Kier molecular flexibility index (Phi) is 3.24. The number of hydrogen-bond donors (Lipinski definition) is 2. The van der Waals surface area contributed by atoms with Gasteiger partial charge in [0.2, 0.25) is 0 Å². The zero-order chi connectivity index (χ0) is 11.7. The first kappa shape index (κ1) is 12.2. The molecule has 0 amide bonds. The summed E-state index contributed by atoms with van der Waals surface area (Å²) in [6.45, 7) is 5.97. The number of aliphatic carboxylic acids is 1. The Morgan fingerprint density at radius 1 is 1.40 bits per heavy atom. The van der Waals surface area contributed by atoms with Crippen LogP contribution in [0.1, 0.15) is 40.0 Å². The number of allylic oxidation sites excluding steroid dienone is 1. The lowest BCUT2D eigenvalue weighted by Gasteiger charge is -2.38.